The molecule has 27 heavy (non-hydrogen) atoms. The lowest BCUT2D eigenvalue weighted by atomic mass is 9.90. The first kappa shape index (κ1) is 19.7. The van der Waals surface area contributed by atoms with E-state index in [1.165, 1.54) is 11.6 Å². The third-order valence-corrected chi connectivity index (χ3v) is 5.71. The number of amides is 1. The molecule has 0 atom stereocenters. The first-order chi connectivity index (χ1) is 12.8. The van der Waals surface area contributed by atoms with Crippen LogP contribution in [-0.2, 0) is 16.4 Å². The Hall–Kier alpha value is -2.05. The monoisotopic (exact) mass is 406 g/mol. The van der Waals surface area contributed by atoms with E-state index in [1.807, 2.05) is 18.2 Å². The van der Waals surface area contributed by atoms with E-state index >= 15 is 0 Å². The molecule has 1 heterocycles. The average Bonchev–Trinajstić information content (AvgIpc) is 2.63. The minimum Gasteiger partial charge on any atom is -0.339 e. The molecule has 0 saturated carbocycles. The van der Waals surface area contributed by atoms with Gasteiger partial charge >= 0.3 is 0 Å². The minimum atomic E-state index is -3.41. The van der Waals surface area contributed by atoms with E-state index in [9.17, 15) is 13.2 Å². The molecule has 1 amide bonds. The van der Waals surface area contributed by atoms with Gasteiger partial charge in [-0.15, -0.1) is 0 Å². The van der Waals surface area contributed by atoms with E-state index in [2.05, 4.69) is 16.9 Å². The van der Waals surface area contributed by atoms with Gasteiger partial charge in [0.25, 0.3) is 5.91 Å². The number of nitrogens with one attached hydrogen (secondary N) is 1. The lowest BCUT2D eigenvalue weighted by molar-refractivity contribution is 0.0691. The lowest BCUT2D eigenvalue weighted by Crippen LogP contribution is -2.39. The molecule has 3 rings (SSSR count). The van der Waals surface area contributed by atoms with Gasteiger partial charge in [0, 0.05) is 18.8 Å². The summed E-state index contributed by atoms with van der Waals surface area (Å²) in [6, 6.07) is 15.0. The number of nitrogens with zero attached hydrogens (tertiary/aromatic N) is 1. The third kappa shape index (κ3) is 5.47. The first-order valence-corrected chi connectivity index (χ1v) is 11.2. The topological polar surface area (TPSA) is 66.5 Å². The summed E-state index contributed by atoms with van der Waals surface area (Å²) >= 11 is 6.19. The van der Waals surface area contributed by atoms with E-state index in [4.69, 9.17) is 11.6 Å². The summed E-state index contributed by atoms with van der Waals surface area (Å²) in [6.45, 7) is 1.35. The number of piperidine rings is 1. The second-order valence-corrected chi connectivity index (χ2v) is 9.15. The molecule has 0 aliphatic carbocycles. The van der Waals surface area contributed by atoms with Crippen LogP contribution in [0.1, 0.15) is 28.8 Å². The molecule has 1 saturated heterocycles. The van der Waals surface area contributed by atoms with Crippen molar-refractivity contribution in [3.63, 3.8) is 0 Å². The zero-order valence-electron chi connectivity index (χ0n) is 15.2. The molecular weight excluding hydrogens is 384 g/mol. The third-order valence-electron chi connectivity index (χ3n) is 4.77. The maximum Gasteiger partial charge on any atom is 0.255 e. The zero-order chi connectivity index (χ0) is 19.4. The van der Waals surface area contributed by atoms with Gasteiger partial charge in [-0.3, -0.25) is 9.52 Å². The summed E-state index contributed by atoms with van der Waals surface area (Å²) in [4.78, 5) is 14.7. The van der Waals surface area contributed by atoms with E-state index in [0.717, 1.165) is 25.5 Å². The smallest absolute Gasteiger partial charge is 0.255 e. The zero-order valence-corrected chi connectivity index (χ0v) is 16.8. The highest BCUT2D eigenvalue weighted by Gasteiger charge is 2.25. The molecule has 1 aliphatic heterocycles. The van der Waals surface area contributed by atoms with Crippen LogP contribution in [0.4, 0.5) is 5.69 Å². The Morgan fingerprint density at radius 3 is 2.44 bits per heavy atom. The Morgan fingerprint density at radius 1 is 1.15 bits per heavy atom. The van der Waals surface area contributed by atoms with Gasteiger partial charge in [-0.2, -0.15) is 0 Å². The van der Waals surface area contributed by atoms with Crippen LogP contribution in [0.5, 0.6) is 0 Å². The molecule has 1 fully saturated rings. The predicted octanol–water partition coefficient (Wildman–Crippen LogP) is 3.81. The molecule has 2 aromatic carbocycles. The van der Waals surface area contributed by atoms with Crippen molar-refractivity contribution in [1.29, 1.82) is 0 Å². The second-order valence-electron chi connectivity index (χ2n) is 6.99. The minimum absolute atomic E-state index is 0.157. The van der Waals surface area contributed by atoms with Crippen LogP contribution in [0, 0.1) is 5.92 Å². The van der Waals surface area contributed by atoms with Crippen molar-refractivity contribution in [3.05, 3.63) is 64.7 Å². The summed E-state index contributed by atoms with van der Waals surface area (Å²) in [5.41, 5.74) is 1.99. The number of hydrogen-bond acceptors (Lipinski definition) is 3. The highest BCUT2D eigenvalue weighted by Crippen LogP contribution is 2.26. The number of likely N-dealkylation sites (tertiary alicyclic amines) is 1. The van der Waals surface area contributed by atoms with Crippen molar-refractivity contribution in [2.75, 3.05) is 24.1 Å². The van der Waals surface area contributed by atoms with Crippen LogP contribution >= 0.6 is 11.6 Å². The number of halogens is 1. The molecule has 7 heteroatoms. The molecule has 5 nitrogen and oxygen atoms in total. The summed E-state index contributed by atoms with van der Waals surface area (Å²) in [5.74, 6) is 0.403. The van der Waals surface area contributed by atoms with Crippen LogP contribution in [0.3, 0.4) is 0 Å². The largest absolute Gasteiger partial charge is 0.339 e. The Labute approximate surface area is 165 Å². The Morgan fingerprint density at radius 2 is 1.81 bits per heavy atom. The SMILES string of the molecule is CS(=O)(=O)Nc1ccc(Cl)c(C(=O)N2CCC(Cc3ccccc3)CC2)c1. The average molecular weight is 407 g/mol. The molecule has 0 unspecified atom stereocenters. The fourth-order valence-electron chi connectivity index (χ4n) is 3.42. The molecule has 0 bridgehead atoms. The molecule has 2 aromatic rings. The van der Waals surface area contributed by atoms with Crippen LogP contribution in [0.25, 0.3) is 0 Å². The van der Waals surface area contributed by atoms with Gasteiger partial charge in [-0.1, -0.05) is 41.9 Å². The van der Waals surface area contributed by atoms with Crippen molar-refractivity contribution in [2.24, 2.45) is 5.92 Å². The second kappa shape index (κ2) is 8.31. The Balaban J connectivity index is 1.64. The normalized spacial score (nSPS) is 15.6. The number of rotatable bonds is 5. The summed E-state index contributed by atoms with van der Waals surface area (Å²) in [6.07, 6.45) is 3.98. The Kier molecular flexibility index (Phi) is 6.07. The van der Waals surface area contributed by atoms with Crippen molar-refractivity contribution < 1.29 is 13.2 Å². The van der Waals surface area contributed by atoms with Gasteiger partial charge in [-0.05, 0) is 48.9 Å². The molecule has 144 valence electrons. The van der Waals surface area contributed by atoms with Crippen molar-refractivity contribution in [3.8, 4) is 0 Å². The maximum absolute atomic E-state index is 12.9. The van der Waals surface area contributed by atoms with Gasteiger partial charge in [0.15, 0.2) is 0 Å². The van der Waals surface area contributed by atoms with Gasteiger partial charge in [0.05, 0.1) is 16.8 Å². The van der Waals surface area contributed by atoms with Crippen LogP contribution < -0.4 is 4.72 Å². The summed E-state index contributed by atoms with van der Waals surface area (Å²) in [5, 5.41) is 0.325. The molecule has 1 aliphatic rings. The summed E-state index contributed by atoms with van der Waals surface area (Å²) in [7, 11) is -3.41. The van der Waals surface area contributed by atoms with Crippen molar-refractivity contribution >= 4 is 33.2 Å². The van der Waals surface area contributed by atoms with E-state index < -0.39 is 10.0 Å². The van der Waals surface area contributed by atoms with Crippen LogP contribution in [-0.4, -0.2) is 38.6 Å². The van der Waals surface area contributed by atoms with Crippen molar-refractivity contribution in [1.82, 2.24) is 4.90 Å². The highest BCUT2D eigenvalue weighted by atomic mass is 35.5. The number of carbonyl (C=O) groups is 1. The van der Waals surface area contributed by atoms with E-state index in [-0.39, 0.29) is 5.91 Å². The van der Waals surface area contributed by atoms with Gasteiger partial charge in [-0.25, -0.2) is 8.42 Å². The molecule has 1 N–H and O–H groups in total. The molecule has 0 aromatic heterocycles. The number of carbonyl (C=O) groups excluding carboxylic acids is 1. The number of sulfonamides is 1. The van der Waals surface area contributed by atoms with Gasteiger partial charge in [0.1, 0.15) is 0 Å². The van der Waals surface area contributed by atoms with Crippen LogP contribution in [0.2, 0.25) is 5.02 Å². The number of hydrogen-bond donors (Lipinski definition) is 1. The van der Waals surface area contributed by atoms with Crippen molar-refractivity contribution in [2.45, 2.75) is 19.3 Å². The van der Waals surface area contributed by atoms with Gasteiger partial charge in [0.2, 0.25) is 10.0 Å². The molecular formula is C20H23ClN2O3S. The van der Waals surface area contributed by atoms with E-state index in [0.29, 0.717) is 35.3 Å². The first-order valence-electron chi connectivity index (χ1n) is 8.92. The Bertz CT molecular complexity index is 908. The summed E-state index contributed by atoms with van der Waals surface area (Å²) < 4.78 is 25.2. The quantitative estimate of drug-likeness (QED) is 0.821. The maximum atomic E-state index is 12.9. The van der Waals surface area contributed by atoms with Crippen LogP contribution in [0.15, 0.2) is 48.5 Å². The highest BCUT2D eigenvalue weighted by molar-refractivity contribution is 7.92. The lowest BCUT2D eigenvalue weighted by Gasteiger charge is -2.32. The van der Waals surface area contributed by atoms with E-state index in [1.54, 1.807) is 17.0 Å². The fraction of sp³-hybridized carbons (Fsp3) is 0.350. The molecule has 0 radical (unpaired) electrons. The molecule has 0 spiro atoms. The fourth-order valence-corrected chi connectivity index (χ4v) is 4.18. The number of benzene rings is 2. The number of anilines is 1. The standard InChI is InChI=1S/C20H23ClN2O3S/c1-27(25,26)22-17-7-8-19(21)18(14-17)20(24)23-11-9-16(10-12-23)13-15-5-3-2-4-6-15/h2-8,14,16,22H,9-13H2,1H3. The predicted molar refractivity (Wildman–Crippen MR) is 109 cm³/mol. The van der Waals surface area contributed by atoms with Gasteiger partial charge < -0.3 is 4.90 Å².